The van der Waals surface area contributed by atoms with Gasteiger partial charge in [0.1, 0.15) is 16.3 Å². The van der Waals surface area contributed by atoms with Gasteiger partial charge in [0, 0.05) is 56.0 Å². The average Bonchev–Trinajstić information content (AvgIpc) is 3.20. The van der Waals surface area contributed by atoms with E-state index in [0.717, 1.165) is 12.8 Å². The molecule has 41 heavy (non-hydrogen) atoms. The molecule has 2 aliphatic rings. The summed E-state index contributed by atoms with van der Waals surface area (Å²) in [5.74, 6) is -3.14. The van der Waals surface area contributed by atoms with Crippen molar-refractivity contribution in [3.63, 3.8) is 0 Å². The van der Waals surface area contributed by atoms with Gasteiger partial charge < -0.3 is 24.6 Å². The molecule has 0 aromatic carbocycles. The SMILES string of the molecule is CCC[C@H](C)Nc1nc(-c2cnc(OCC(=O)N3CCN(C(=O)OC(C)(C)C)CC3)c(Cl)c2)c2c(n1)C(F)(F)CC2. The van der Waals surface area contributed by atoms with Gasteiger partial charge in [0.05, 0.1) is 5.69 Å². The van der Waals surface area contributed by atoms with Crippen LogP contribution < -0.4 is 10.1 Å². The Balaban J connectivity index is 1.42. The maximum absolute atomic E-state index is 14.7. The molecule has 1 aliphatic carbocycles. The van der Waals surface area contributed by atoms with Gasteiger partial charge in [-0.25, -0.2) is 19.7 Å². The molecule has 0 saturated carbocycles. The number of fused-ring (bicyclic) bond motifs is 1. The number of anilines is 1. The van der Waals surface area contributed by atoms with Crippen LogP contribution in [0.15, 0.2) is 12.3 Å². The summed E-state index contributed by atoms with van der Waals surface area (Å²) in [6.07, 6.45) is 2.59. The zero-order valence-electron chi connectivity index (χ0n) is 24.1. The number of pyridine rings is 1. The zero-order chi connectivity index (χ0) is 29.9. The van der Waals surface area contributed by atoms with Crippen molar-refractivity contribution < 1.29 is 27.8 Å². The average molecular weight is 595 g/mol. The molecule has 10 nitrogen and oxygen atoms in total. The van der Waals surface area contributed by atoms with E-state index in [1.54, 1.807) is 36.6 Å². The van der Waals surface area contributed by atoms with E-state index in [0.29, 0.717) is 43.0 Å². The number of halogens is 3. The number of rotatable bonds is 8. The normalized spacial score (nSPS) is 17.2. The summed E-state index contributed by atoms with van der Waals surface area (Å²) in [6, 6.07) is 1.56. The van der Waals surface area contributed by atoms with Crippen molar-refractivity contribution in [2.45, 2.75) is 77.9 Å². The molecule has 2 aromatic rings. The first-order valence-electron chi connectivity index (χ1n) is 13.9. The van der Waals surface area contributed by atoms with Gasteiger partial charge in [0.2, 0.25) is 11.8 Å². The first-order valence-corrected chi connectivity index (χ1v) is 14.3. The number of amides is 2. The van der Waals surface area contributed by atoms with Crippen molar-refractivity contribution in [1.29, 1.82) is 0 Å². The maximum atomic E-state index is 14.7. The van der Waals surface area contributed by atoms with Crippen molar-refractivity contribution in [2.75, 3.05) is 38.1 Å². The van der Waals surface area contributed by atoms with Gasteiger partial charge in [0.25, 0.3) is 11.8 Å². The lowest BCUT2D eigenvalue weighted by molar-refractivity contribution is -0.135. The number of aromatic nitrogens is 3. The molecule has 1 fully saturated rings. The van der Waals surface area contributed by atoms with Crippen LogP contribution in [0.2, 0.25) is 5.02 Å². The molecule has 1 aliphatic heterocycles. The first-order chi connectivity index (χ1) is 19.3. The summed E-state index contributed by atoms with van der Waals surface area (Å²) in [6.45, 7) is 10.5. The predicted octanol–water partition coefficient (Wildman–Crippen LogP) is 5.29. The minimum Gasteiger partial charge on any atom is -0.466 e. The Morgan fingerprint density at radius 3 is 2.49 bits per heavy atom. The molecule has 1 N–H and O–H groups in total. The minimum absolute atomic E-state index is 0.0104. The highest BCUT2D eigenvalue weighted by atomic mass is 35.5. The van der Waals surface area contributed by atoms with Crippen LogP contribution in [0.1, 0.15) is 65.1 Å². The second-order valence-corrected chi connectivity index (χ2v) is 11.8. The van der Waals surface area contributed by atoms with Crippen molar-refractivity contribution in [1.82, 2.24) is 24.8 Å². The van der Waals surface area contributed by atoms with E-state index < -0.39 is 17.6 Å². The molecule has 0 radical (unpaired) electrons. The monoisotopic (exact) mass is 594 g/mol. The third kappa shape index (κ3) is 7.52. The Kier molecular flexibility index (Phi) is 9.20. The molecule has 224 valence electrons. The highest BCUT2D eigenvalue weighted by molar-refractivity contribution is 6.32. The summed E-state index contributed by atoms with van der Waals surface area (Å²) in [5.41, 5.74) is 0.302. The predicted molar refractivity (Wildman–Crippen MR) is 150 cm³/mol. The van der Waals surface area contributed by atoms with Crippen LogP contribution in [-0.4, -0.2) is 81.2 Å². The lowest BCUT2D eigenvalue weighted by atomic mass is 10.1. The Morgan fingerprint density at radius 2 is 1.85 bits per heavy atom. The lowest BCUT2D eigenvalue weighted by Crippen LogP contribution is -2.52. The van der Waals surface area contributed by atoms with Crippen LogP contribution in [0.25, 0.3) is 11.3 Å². The molecule has 0 unspecified atom stereocenters. The Labute approximate surface area is 243 Å². The van der Waals surface area contributed by atoms with Crippen molar-refractivity contribution in [3.05, 3.63) is 28.5 Å². The van der Waals surface area contributed by atoms with Crippen molar-refractivity contribution >= 4 is 29.5 Å². The van der Waals surface area contributed by atoms with Crippen molar-refractivity contribution in [3.8, 4) is 17.1 Å². The van der Waals surface area contributed by atoms with E-state index in [-0.39, 0.29) is 53.9 Å². The summed E-state index contributed by atoms with van der Waals surface area (Å²) < 4.78 is 40.3. The number of nitrogens with zero attached hydrogens (tertiary/aromatic N) is 5. The molecule has 2 amide bonds. The largest absolute Gasteiger partial charge is 0.466 e. The van der Waals surface area contributed by atoms with Crippen LogP contribution in [0.3, 0.4) is 0 Å². The standard InChI is InChI=1S/C28H37ClF2N6O4/c1-6-7-17(2)33-25-34-22(19-8-9-28(30,31)23(19)35-25)18-14-20(29)24(32-15-18)40-16-21(38)36-10-12-37(13-11-36)26(39)41-27(3,4)5/h14-15,17H,6-13,16H2,1-5H3,(H,33,34,35)/t17-/m0/s1. The molecule has 13 heteroatoms. The molecule has 4 rings (SSSR count). The Bertz CT molecular complexity index is 1280. The van der Waals surface area contributed by atoms with Crippen molar-refractivity contribution in [2.24, 2.45) is 0 Å². The number of piperazine rings is 1. The van der Waals surface area contributed by atoms with E-state index in [9.17, 15) is 18.4 Å². The molecule has 3 heterocycles. The number of hydrogen-bond donors (Lipinski definition) is 1. The highest BCUT2D eigenvalue weighted by Crippen LogP contribution is 2.44. The quantitative estimate of drug-likeness (QED) is 0.439. The van der Waals surface area contributed by atoms with Gasteiger partial charge in [0.15, 0.2) is 6.61 Å². The number of nitrogens with one attached hydrogen (secondary N) is 1. The first kappa shape index (κ1) is 30.7. The fourth-order valence-corrected chi connectivity index (χ4v) is 5.02. The smallest absolute Gasteiger partial charge is 0.410 e. The Hall–Kier alpha value is -3.28. The summed E-state index contributed by atoms with van der Waals surface area (Å²) in [7, 11) is 0. The summed E-state index contributed by atoms with van der Waals surface area (Å²) in [4.78, 5) is 41.1. The topological polar surface area (TPSA) is 110 Å². The number of hydrogen-bond acceptors (Lipinski definition) is 8. The van der Waals surface area contributed by atoms with Gasteiger partial charge in [-0.05, 0) is 46.6 Å². The number of ether oxygens (including phenoxy) is 2. The van der Waals surface area contributed by atoms with Crippen LogP contribution in [0.4, 0.5) is 19.5 Å². The second-order valence-electron chi connectivity index (χ2n) is 11.4. The van der Waals surface area contributed by atoms with E-state index in [1.165, 1.54) is 6.20 Å². The number of carbonyl (C=O) groups excluding carboxylic acids is 2. The molecule has 2 aromatic heterocycles. The molecule has 0 spiro atoms. The third-order valence-corrected chi connectivity index (χ3v) is 7.11. The molecule has 1 saturated heterocycles. The molecular weight excluding hydrogens is 558 g/mol. The van der Waals surface area contributed by atoms with Gasteiger partial charge in [-0.2, -0.15) is 8.78 Å². The van der Waals surface area contributed by atoms with Crippen LogP contribution in [-0.2, 0) is 21.9 Å². The lowest BCUT2D eigenvalue weighted by Gasteiger charge is -2.35. The van der Waals surface area contributed by atoms with Crippen LogP contribution in [0, 0.1) is 0 Å². The van der Waals surface area contributed by atoms with E-state index in [4.69, 9.17) is 21.1 Å². The van der Waals surface area contributed by atoms with E-state index in [2.05, 4.69) is 20.3 Å². The van der Waals surface area contributed by atoms with Crippen LogP contribution in [0.5, 0.6) is 5.88 Å². The molecule has 0 bridgehead atoms. The van der Waals surface area contributed by atoms with Gasteiger partial charge in [-0.1, -0.05) is 24.9 Å². The zero-order valence-corrected chi connectivity index (χ0v) is 24.9. The highest BCUT2D eigenvalue weighted by Gasteiger charge is 2.43. The maximum Gasteiger partial charge on any atom is 0.410 e. The minimum atomic E-state index is -3.05. The van der Waals surface area contributed by atoms with Gasteiger partial charge in [-0.3, -0.25) is 4.79 Å². The number of alkyl halides is 2. The van der Waals surface area contributed by atoms with Gasteiger partial charge >= 0.3 is 6.09 Å². The van der Waals surface area contributed by atoms with E-state index in [1.807, 2.05) is 13.8 Å². The van der Waals surface area contributed by atoms with E-state index >= 15 is 0 Å². The molecular formula is C28H37ClF2N6O4. The second kappa shape index (κ2) is 12.3. The third-order valence-electron chi connectivity index (χ3n) is 6.84. The summed E-state index contributed by atoms with van der Waals surface area (Å²) in [5, 5.41) is 3.25. The Morgan fingerprint density at radius 1 is 1.17 bits per heavy atom. The molecule has 1 atom stereocenters. The fraction of sp³-hybridized carbons (Fsp3) is 0.607. The van der Waals surface area contributed by atoms with Crippen LogP contribution >= 0.6 is 11.6 Å². The number of carbonyl (C=O) groups is 2. The summed E-state index contributed by atoms with van der Waals surface area (Å²) >= 11 is 6.45. The fourth-order valence-electron chi connectivity index (χ4n) is 4.80. The van der Waals surface area contributed by atoms with Gasteiger partial charge in [-0.15, -0.1) is 0 Å².